The molecule has 0 aliphatic heterocycles. The second-order valence-corrected chi connectivity index (χ2v) is 4.97. The van der Waals surface area contributed by atoms with Gasteiger partial charge in [0.15, 0.2) is 0 Å². The van der Waals surface area contributed by atoms with Gasteiger partial charge >= 0.3 is 0 Å². The fourth-order valence-corrected chi connectivity index (χ4v) is 2.36. The summed E-state index contributed by atoms with van der Waals surface area (Å²) >= 11 is 0. The van der Waals surface area contributed by atoms with Crippen LogP contribution in [-0.4, -0.2) is 22.4 Å². The Hall–Kier alpha value is -2.88. The zero-order chi connectivity index (χ0) is 15.2. The third-order valence-electron chi connectivity index (χ3n) is 3.47. The van der Waals surface area contributed by atoms with Crippen molar-refractivity contribution >= 4 is 5.91 Å². The maximum absolute atomic E-state index is 12.4. The van der Waals surface area contributed by atoms with Crippen molar-refractivity contribution in [2.45, 2.75) is 6.42 Å². The highest BCUT2D eigenvalue weighted by atomic mass is 16.1. The summed E-state index contributed by atoms with van der Waals surface area (Å²) in [6.45, 7) is 0.606. The van der Waals surface area contributed by atoms with Crippen LogP contribution in [0, 0.1) is 0 Å². The average Bonchev–Trinajstić information content (AvgIpc) is 3.10. The highest BCUT2D eigenvalue weighted by Crippen LogP contribution is 2.19. The van der Waals surface area contributed by atoms with E-state index in [1.54, 1.807) is 12.4 Å². The van der Waals surface area contributed by atoms with Crippen LogP contribution in [0.2, 0.25) is 0 Å². The lowest BCUT2D eigenvalue weighted by atomic mass is 10.1. The number of hydrogen-bond donors (Lipinski definition) is 2. The minimum atomic E-state index is -0.0806. The summed E-state index contributed by atoms with van der Waals surface area (Å²) in [5.41, 5.74) is 2.65. The summed E-state index contributed by atoms with van der Waals surface area (Å²) in [6.07, 6.45) is 4.24. The predicted molar refractivity (Wildman–Crippen MR) is 86.5 cm³/mol. The van der Waals surface area contributed by atoms with Crippen LogP contribution in [0.15, 0.2) is 67.0 Å². The number of nitrogens with one attached hydrogen (secondary N) is 2. The molecule has 0 aliphatic rings. The lowest BCUT2D eigenvalue weighted by molar-refractivity contribution is 0.0954. The molecule has 110 valence electrons. The molecule has 0 spiro atoms. The molecule has 0 atom stereocenters. The van der Waals surface area contributed by atoms with E-state index in [2.05, 4.69) is 27.4 Å². The Morgan fingerprint density at radius 3 is 2.59 bits per heavy atom. The summed E-state index contributed by atoms with van der Waals surface area (Å²) < 4.78 is 0. The summed E-state index contributed by atoms with van der Waals surface area (Å²) in [5, 5.41) is 2.97. The van der Waals surface area contributed by atoms with Crippen molar-refractivity contribution in [3.63, 3.8) is 0 Å². The number of aromatic nitrogens is 2. The zero-order valence-corrected chi connectivity index (χ0v) is 12.1. The first kappa shape index (κ1) is 14.1. The van der Waals surface area contributed by atoms with E-state index in [0.717, 1.165) is 12.0 Å². The molecule has 0 saturated heterocycles. The van der Waals surface area contributed by atoms with Crippen LogP contribution < -0.4 is 5.32 Å². The second kappa shape index (κ2) is 6.72. The second-order valence-electron chi connectivity index (χ2n) is 4.97. The highest BCUT2D eigenvalue weighted by molar-refractivity contribution is 6.00. The Kier molecular flexibility index (Phi) is 4.30. The summed E-state index contributed by atoms with van der Waals surface area (Å²) in [5.74, 6) is 0.622. The fourth-order valence-electron chi connectivity index (χ4n) is 2.36. The predicted octanol–water partition coefficient (Wildman–Crippen LogP) is 3.05. The monoisotopic (exact) mass is 291 g/mol. The van der Waals surface area contributed by atoms with Gasteiger partial charge in [0.25, 0.3) is 5.91 Å². The number of carbonyl (C=O) groups is 1. The standard InChI is InChI=1S/C18H17N3O/c22-18(21-11-10-14-6-2-1-3-7-14)16-9-5-4-8-15(16)17-19-12-13-20-17/h1-9,12-13H,10-11H2,(H,19,20)(H,21,22). The first-order chi connectivity index (χ1) is 10.8. The third kappa shape index (κ3) is 3.23. The van der Waals surface area contributed by atoms with Crippen LogP contribution >= 0.6 is 0 Å². The van der Waals surface area contributed by atoms with Crippen molar-refractivity contribution in [1.29, 1.82) is 0 Å². The van der Waals surface area contributed by atoms with Gasteiger partial charge in [-0.05, 0) is 18.1 Å². The minimum absolute atomic E-state index is 0.0806. The smallest absolute Gasteiger partial charge is 0.252 e. The van der Waals surface area contributed by atoms with Crippen LogP contribution in [0.3, 0.4) is 0 Å². The van der Waals surface area contributed by atoms with Crippen LogP contribution in [0.4, 0.5) is 0 Å². The van der Waals surface area contributed by atoms with Crippen molar-refractivity contribution in [3.8, 4) is 11.4 Å². The van der Waals surface area contributed by atoms with Crippen molar-refractivity contribution in [2.24, 2.45) is 0 Å². The molecule has 0 unspecified atom stereocenters. The van der Waals surface area contributed by atoms with Gasteiger partial charge in [0.2, 0.25) is 0 Å². The van der Waals surface area contributed by atoms with Crippen LogP contribution in [0.5, 0.6) is 0 Å². The van der Waals surface area contributed by atoms with E-state index in [-0.39, 0.29) is 5.91 Å². The molecule has 0 radical (unpaired) electrons. The Morgan fingerprint density at radius 1 is 1.05 bits per heavy atom. The number of imidazole rings is 1. The highest BCUT2D eigenvalue weighted by Gasteiger charge is 2.13. The van der Waals surface area contributed by atoms with Gasteiger partial charge in [-0.1, -0.05) is 48.5 Å². The SMILES string of the molecule is O=C(NCCc1ccccc1)c1ccccc1-c1ncc[nH]1. The number of hydrogen-bond acceptors (Lipinski definition) is 2. The number of aromatic amines is 1. The summed E-state index contributed by atoms with van der Waals surface area (Å²) in [4.78, 5) is 19.7. The third-order valence-corrected chi connectivity index (χ3v) is 3.47. The zero-order valence-electron chi connectivity index (χ0n) is 12.1. The number of H-pyrrole nitrogens is 1. The van der Waals surface area contributed by atoms with Crippen LogP contribution in [0.1, 0.15) is 15.9 Å². The van der Waals surface area contributed by atoms with E-state index < -0.39 is 0 Å². The van der Waals surface area contributed by atoms with Gasteiger partial charge in [0, 0.05) is 24.5 Å². The molecule has 1 heterocycles. The molecule has 22 heavy (non-hydrogen) atoms. The summed E-state index contributed by atoms with van der Waals surface area (Å²) in [7, 11) is 0. The van der Waals surface area contributed by atoms with E-state index in [0.29, 0.717) is 17.9 Å². The number of amides is 1. The lowest BCUT2D eigenvalue weighted by Gasteiger charge is -2.09. The number of nitrogens with zero attached hydrogens (tertiary/aromatic N) is 1. The molecular formula is C18H17N3O. The molecule has 0 bridgehead atoms. The maximum Gasteiger partial charge on any atom is 0.252 e. The molecule has 3 rings (SSSR count). The van der Waals surface area contributed by atoms with E-state index in [9.17, 15) is 4.79 Å². The molecule has 0 saturated carbocycles. The summed E-state index contributed by atoms with van der Waals surface area (Å²) in [6, 6.07) is 17.6. The molecule has 4 nitrogen and oxygen atoms in total. The first-order valence-corrected chi connectivity index (χ1v) is 7.25. The molecule has 4 heteroatoms. The Morgan fingerprint density at radius 2 is 1.82 bits per heavy atom. The van der Waals surface area contributed by atoms with Gasteiger partial charge in [0.05, 0.1) is 5.56 Å². The van der Waals surface area contributed by atoms with Crippen LogP contribution in [-0.2, 0) is 6.42 Å². The van der Waals surface area contributed by atoms with Crippen molar-refractivity contribution in [3.05, 3.63) is 78.1 Å². The Labute approximate surface area is 129 Å². The number of rotatable bonds is 5. The largest absolute Gasteiger partial charge is 0.352 e. The molecule has 1 amide bonds. The number of carbonyl (C=O) groups excluding carboxylic acids is 1. The molecule has 1 aromatic heterocycles. The van der Waals surface area contributed by atoms with Crippen molar-refractivity contribution in [2.75, 3.05) is 6.54 Å². The van der Waals surface area contributed by atoms with E-state index in [1.165, 1.54) is 5.56 Å². The van der Waals surface area contributed by atoms with E-state index in [4.69, 9.17) is 0 Å². The van der Waals surface area contributed by atoms with Gasteiger partial charge in [-0.25, -0.2) is 4.98 Å². The minimum Gasteiger partial charge on any atom is -0.352 e. The van der Waals surface area contributed by atoms with Gasteiger partial charge in [-0.3, -0.25) is 4.79 Å². The van der Waals surface area contributed by atoms with E-state index in [1.807, 2.05) is 42.5 Å². The molecule has 2 N–H and O–H groups in total. The van der Waals surface area contributed by atoms with E-state index >= 15 is 0 Å². The van der Waals surface area contributed by atoms with Crippen molar-refractivity contribution in [1.82, 2.24) is 15.3 Å². The normalized spacial score (nSPS) is 10.4. The molecule has 0 fully saturated rings. The molecule has 2 aromatic carbocycles. The van der Waals surface area contributed by atoms with Crippen molar-refractivity contribution < 1.29 is 4.79 Å². The van der Waals surface area contributed by atoms with Gasteiger partial charge in [-0.15, -0.1) is 0 Å². The number of benzene rings is 2. The molecule has 3 aromatic rings. The topological polar surface area (TPSA) is 57.8 Å². The first-order valence-electron chi connectivity index (χ1n) is 7.25. The van der Waals surface area contributed by atoms with Gasteiger partial charge < -0.3 is 10.3 Å². The Bertz CT molecular complexity index is 736. The quantitative estimate of drug-likeness (QED) is 0.759. The lowest BCUT2D eigenvalue weighted by Crippen LogP contribution is -2.26. The van der Waals surface area contributed by atoms with Gasteiger partial charge in [-0.2, -0.15) is 0 Å². The fraction of sp³-hybridized carbons (Fsp3) is 0.111. The van der Waals surface area contributed by atoms with Gasteiger partial charge in [0.1, 0.15) is 5.82 Å². The molecular weight excluding hydrogens is 274 g/mol. The molecule has 0 aliphatic carbocycles. The Balaban J connectivity index is 1.68. The van der Waals surface area contributed by atoms with Crippen LogP contribution in [0.25, 0.3) is 11.4 Å². The average molecular weight is 291 g/mol. The maximum atomic E-state index is 12.4.